The monoisotopic (exact) mass is 388 g/mol. The molecular weight excluding hydrogens is 364 g/mol. The van der Waals surface area contributed by atoms with Crippen molar-refractivity contribution in [1.82, 2.24) is 0 Å². The molecule has 0 bridgehead atoms. The lowest BCUT2D eigenvalue weighted by Crippen LogP contribution is -2.30. The first-order chi connectivity index (χ1) is 11.8. The van der Waals surface area contributed by atoms with Crippen LogP contribution in [0.25, 0.3) is 0 Å². The molecule has 25 heavy (non-hydrogen) atoms. The number of hydrogen-bond donors (Lipinski definition) is 1. The molecule has 9 heteroatoms. The van der Waals surface area contributed by atoms with Crippen molar-refractivity contribution < 1.29 is 21.6 Å². The summed E-state index contributed by atoms with van der Waals surface area (Å²) in [4.78, 5) is 0. The fourth-order valence-electron chi connectivity index (χ4n) is 3.47. The molecule has 7 nitrogen and oxygen atoms in total. The third-order valence-electron chi connectivity index (χ3n) is 4.81. The van der Waals surface area contributed by atoms with Crippen LogP contribution in [0.4, 0.5) is 11.4 Å². The summed E-state index contributed by atoms with van der Waals surface area (Å²) >= 11 is 0. The molecule has 2 fully saturated rings. The minimum Gasteiger partial charge on any atom is -0.495 e. The SMILES string of the molecule is COc1ccc(N2CCCS2(=O)=O)cc1NS(=O)(=O)C1CCCCC1. The fraction of sp³-hybridized carbons (Fsp3) is 0.625. The standard InChI is InChI=1S/C16H24N2O5S2/c1-23-16-9-8-13(18-10-5-11-24(18,19)20)12-15(16)17-25(21,22)14-6-3-2-4-7-14/h8-9,12,14,17H,2-7,10-11H2,1H3. The zero-order valence-electron chi connectivity index (χ0n) is 14.3. The Balaban J connectivity index is 1.90. The molecule has 1 aromatic rings. The second-order valence-electron chi connectivity index (χ2n) is 6.53. The maximum atomic E-state index is 12.7. The highest BCUT2D eigenvalue weighted by molar-refractivity contribution is 7.93. The second-order valence-corrected chi connectivity index (χ2v) is 10.5. The van der Waals surface area contributed by atoms with Gasteiger partial charge in [-0.2, -0.15) is 0 Å². The summed E-state index contributed by atoms with van der Waals surface area (Å²) in [6.45, 7) is 0.406. The summed E-state index contributed by atoms with van der Waals surface area (Å²) in [5.41, 5.74) is 0.743. The number of nitrogens with one attached hydrogen (secondary N) is 1. The number of benzene rings is 1. The summed E-state index contributed by atoms with van der Waals surface area (Å²) in [5, 5.41) is -0.412. The molecule has 0 atom stereocenters. The second kappa shape index (κ2) is 7.03. The first kappa shape index (κ1) is 18.3. The van der Waals surface area contributed by atoms with E-state index in [9.17, 15) is 16.8 Å². The highest BCUT2D eigenvalue weighted by atomic mass is 32.2. The van der Waals surface area contributed by atoms with Gasteiger partial charge in [-0.1, -0.05) is 19.3 Å². The maximum absolute atomic E-state index is 12.7. The Bertz CT molecular complexity index is 830. The van der Waals surface area contributed by atoms with Crippen LogP contribution < -0.4 is 13.8 Å². The van der Waals surface area contributed by atoms with E-state index in [2.05, 4.69) is 4.72 Å². The lowest BCUT2D eigenvalue weighted by molar-refractivity contribution is 0.416. The van der Waals surface area contributed by atoms with Crippen LogP contribution in [0, 0.1) is 0 Å². The Hall–Kier alpha value is -1.48. The smallest absolute Gasteiger partial charge is 0.235 e. The van der Waals surface area contributed by atoms with E-state index in [-0.39, 0.29) is 11.4 Å². The van der Waals surface area contributed by atoms with Gasteiger partial charge >= 0.3 is 0 Å². The van der Waals surface area contributed by atoms with Crippen molar-refractivity contribution in [2.24, 2.45) is 0 Å². The number of hydrogen-bond acceptors (Lipinski definition) is 5. The average molecular weight is 389 g/mol. The van der Waals surface area contributed by atoms with Gasteiger partial charge in [0.25, 0.3) is 0 Å². The number of anilines is 2. The van der Waals surface area contributed by atoms with Crippen molar-refractivity contribution in [3.63, 3.8) is 0 Å². The summed E-state index contributed by atoms with van der Waals surface area (Å²) < 4.78 is 58.8. The molecule has 1 heterocycles. The number of methoxy groups -OCH3 is 1. The topological polar surface area (TPSA) is 92.8 Å². The van der Waals surface area contributed by atoms with Crippen LogP contribution in [0.5, 0.6) is 5.75 Å². The molecule has 140 valence electrons. The predicted molar refractivity (Wildman–Crippen MR) is 98.2 cm³/mol. The number of rotatable bonds is 5. The molecule has 0 amide bonds. The van der Waals surface area contributed by atoms with Crippen LogP contribution in [0.1, 0.15) is 38.5 Å². The first-order valence-electron chi connectivity index (χ1n) is 8.53. The van der Waals surface area contributed by atoms with Gasteiger partial charge in [0.05, 0.1) is 29.5 Å². The van der Waals surface area contributed by atoms with Crippen molar-refractivity contribution in [1.29, 1.82) is 0 Å². The van der Waals surface area contributed by atoms with Gasteiger partial charge in [-0.3, -0.25) is 9.03 Å². The zero-order chi connectivity index (χ0) is 18.1. The third-order valence-corrected chi connectivity index (χ3v) is 8.54. The summed E-state index contributed by atoms with van der Waals surface area (Å²) in [6.07, 6.45) is 4.76. The van der Waals surface area contributed by atoms with Crippen LogP contribution in [-0.4, -0.2) is 41.5 Å². The van der Waals surface area contributed by atoms with Crippen LogP contribution >= 0.6 is 0 Å². The molecule has 0 spiro atoms. The summed E-state index contributed by atoms with van der Waals surface area (Å²) in [5.74, 6) is 0.488. The van der Waals surface area contributed by atoms with E-state index in [1.165, 1.54) is 11.4 Å². The van der Waals surface area contributed by atoms with E-state index in [0.717, 1.165) is 19.3 Å². The lowest BCUT2D eigenvalue weighted by Gasteiger charge is -2.24. The molecule has 1 aromatic carbocycles. The maximum Gasteiger partial charge on any atom is 0.235 e. The molecular formula is C16H24N2O5S2. The Morgan fingerprint density at radius 1 is 1.16 bits per heavy atom. The van der Waals surface area contributed by atoms with E-state index in [4.69, 9.17) is 4.74 Å². The van der Waals surface area contributed by atoms with Gasteiger partial charge in [0.15, 0.2) is 0 Å². The number of ether oxygens (including phenoxy) is 1. The van der Waals surface area contributed by atoms with Gasteiger partial charge in [-0.15, -0.1) is 0 Å². The third kappa shape index (κ3) is 3.87. The van der Waals surface area contributed by atoms with Gasteiger partial charge in [-0.25, -0.2) is 16.8 Å². The van der Waals surface area contributed by atoms with Gasteiger partial charge in [0.2, 0.25) is 20.0 Å². The Morgan fingerprint density at radius 2 is 1.88 bits per heavy atom. The van der Waals surface area contributed by atoms with Crippen LogP contribution in [0.3, 0.4) is 0 Å². The lowest BCUT2D eigenvalue weighted by atomic mass is 10.0. The van der Waals surface area contributed by atoms with Crippen molar-refractivity contribution in [2.75, 3.05) is 28.4 Å². The molecule has 1 aliphatic carbocycles. The van der Waals surface area contributed by atoms with Gasteiger partial charge in [-0.05, 0) is 37.5 Å². The average Bonchev–Trinajstić information content (AvgIpc) is 2.94. The molecule has 0 radical (unpaired) electrons. The van der Waals surface area contributed by atoms with E-state index < -0.39 is 25.3 Å². The van der Waals surface area contributed by atoms with Crippen molar-refractivity contribution in [3.8, 4) is 5.75 Å². The van der Waals surface area contributed by atoms with Crippen molar-refractivity contribution in [3.05, 3.63) is 18.2 Å². The number of nitrogens with zero attached hydrogens (tertiary/aromatic N) is 1. The molecule has 1 N–H and O–H groups in total. The molecule has 1 saturated heterocycles. The van der Waals surface area contributed by atoms with E-state index >= 15 is 0 Å². The van der Waals surface area contributed by atoms with Crippen LogP contribution in [0.15, 0.2) is 18.2 Å². The van der Waals surface area contributed by atoms with Crippen molar-refractivity contribution in [2.45, 2.75) is 43.8 Å². The Morgan fingerprint density at radius 3 is 2.48 bits per heavy atom. The fourth-order valence-corrected chi connectivity index (χ4v) is 6.62. The molecule has 3 rings (SSSR count). The number of sulfonamides is 2. The minimum atomic E-state index is -3.54. The predicted octanol–water partition coefficient (Wildman–Crippen LogP) is 2.31. The Kier molecular flexibility index (Phi) is 5.15. The van der Waals surface area contributed by atoms with Gasteiger partial charge < -0.3 is 4.74 Å². The first-order valence-corrected chi connectivity index (χ1v) is 11.7. The summed E-state index contributed by atoms with van der Waals surface area (Å²) in [7, 11) is -5.40. The van der Waals surface area contributed by atoms with Crippen molar-refractivity contribution >= 4 is 31.4 Å². The quantitative estimate of drug-likeness (QED) is 0.835. The molecule has 1 saturated carbocycles. The molecule has 0 aromatic heterocycles. The minimum absolute atomic E-state index is 0.113. The molecule has 0 unspecified atom stereocenters. The molecule has 1 aliphatic heterocycles. The van der Waals surface area contributed by atoms with Gasteiger partial charge in [0, 0.05) is 6.54 Å². The Labute approximate surface area is 149 Å². The van der Waals surface area contributed by atoms with E-state index in [1.807, 2.05) is 0 Å². The van der Waals surface area contributed by atoms with E-state index in [0.29, 0.717) is 37.2 Å². The zero-order valence-corrected chi connectivity index (χ0v) is 15.9. The van der Waals surface area contributed by atoms with E-state index in [1.54, 1.807) is 18.2 Å². The normalized spacial score (nSPS) is 21.2. The van der Waals surface area contributed by atoms with Crippen LogP contribution in [0.2, 0.25) is 0 Å². The molecule has 2 aliphatic rings. The largest absolute Gasteiger partial charge is 0.495 e. The highest BCUT2D eigenvalue weighted by Crippen LogP contribution is 2.34. The summed E-state index contributed by atoms with van der Waals surface area (Å²) in [6, 6.07) is 4.78. The van der Waals surface area contributed by atoms with Crippen LogP contribution in [-0.2, 0) is 20.0 Å². The highest BCUT2D eigenvalue weighted by Gasteiger charge is 2.31. The van der Waals surface area contributed by atoms with Gasteiger partial charge in [0.1, 0.15) is 5.75 Å².